The Labute approximate surface area is 174 Å². The van der Waals surface area contributed by atoms with Gasteiger partial charge in [0.25, 0.3) is 12.3 Å². The van der Waals surface area contributed by atoms with Crippen LogP contribution >= 0.6 is 0 Å². The van der Waals surface area contributed by atoms with E-state index in [1.54, 1.807) is 17.3 Å². The highest BCUT2D eigenvalue weighted by Crippen LogP contribution is 2.41. The number of likely N-dealkylation sites (tertiary alicyclic amines) is 1. The molecule has 2 aromatic rings. The number of hydrogen-bond acceptors (Lipinski definition) is 5. The molecule has 2 fully saturated rings. The van der Waals surface area contributed by atoms with Gasteiger partial charge >= 0.3 is 0 Å². The van der Waals surface area contributed by atoms with Crippen LogP contribution in [-0.2, 0) is 23.1 Å². The van der Waals surface area contributed by atoms with E-state index in [2.05, 4.69) is 10.1 Å². The Kier molecular flexibility index (Phi) is 6.10. The Balaban J connectivity index is 1.49. The van der Waals surface area contributed by atoms with Crippen LogP contribution in [0.1, 0.15) is 47.3 Å². The average molecular weight is 420 g/mol. The fourth-order valence-corrected chi connectivity index (χ4v) is 4.53. The molecule has 2 saturated heterocycles. The van der Waals surface area contributed by atoms with Crippen molar-refractivity contribution in [3.8, 4) is 0 Å². The first-order valence-corrected chi connectivity index (χ1v) is 10.2. The predicted molar refractivity (Wildman–Crippen MR) is 104 cm³/mol. The molecule has 7 nitrogen and oxygen atoms in total. The summed E-state index contributed by atoms with van der Waals surface area (Å²) >= 11 is 0. The van der Waals surface area contributed by atoms with E-state index in [1.165, 1.54) is 17.9 Å². The van der Waals surface area contributed by atoms with Crippen LogP contribution in [0, 0.1) is 5.41 Å². The first-order chi connectivity index (χ1) is 14.5. The molecule has 2 aromatic heterocycles. The van der Waals surface area contributed by atoms with Crippen LogP contribution in [0.15, 0.2) is 30.7 Å². The van der Waals surface area contributed by atoms with Crippen LogP contribution in [0.3, 0.4) is 0 Å². The number of carbonyl (C=O) groups is 1. The number of ether oxygens (including phenoxy) is 2. The maximum atomic E-state index is 13.3. The van der Waals surface area contributed by atoms with Crippen molar-refractivity contribution in [2.45, 2.75) is 38.4 Å². The Morgan fingerprint density at radius 3 is 2.97 bits per heavy atom. The lowest BCUT2D eigenvalue weighted by atomic mass is 9.73. The van der Waals surface area contributed by atoms with Gasteiger partial charge in [-0.2, -0.15) is 5.10 Å². The number of piperidine rings is 1. The number of pyridine rings is 1. The van der Waals surface area contributed by atoms with E-state index in [0.717, 1.165) is 18.4 Å². The molecule has 0 unspecified atom stereocenters. The number of alkyl halides is 2. The van der Waals surface area contributed by atoms with Gasteiger partial charge in [0.15, 0.2) is 0 Å². The SMILES string of the molecule is Cn1cc(C(=O)N2CC[C@H]3OCCC[C@@]3(COCc3ccncc3)C2)c(C(F)F)n1. The van der Waals surface area contributed by atoms with Crippen LogP contribution in [0.25, 0.3) is 0 Å². The van der Waals surface area contributed by atoms with Crippen molar-refractivity contribution in [3.63, 3.8) is 0 Å². The lowest BCUT2D eigenvalue weighted by Gasteiger charge is -2.50. The lowest BCUT2D eigenvalue weighted by molar-refractivity contribution is -0.148. The third-order valence-corrected chi connectivity index (χ3v) is 5.98. The summed E-state index contributed by atoms with van der Waals surface area (Å²) in [5.41, 5.74) is 0.185. The van der Waals surface area contributed by atoms with Gasteiger partial charge in [-0.15, -0.1) is 0 Å². The standard InChI is InChI=1S/C21H26F2N4O3/c1-26-11-16(18(25-26)19(22)23)20(28)27-9-5-17-21(13-27,6-2-10-30-17)14-29-12-15-3-7-24-8-4-15/h3-4,7-8,11,17,19H,2,5-6,9-10,12-14H2,1H3/t17-,21+/m1/s1. The Morgan fingerprint density at radius 1 is 1.40 bits per heavy atom. The summed E-state index contributed by atoms with van der Waals surface area (Å²) in [5.74, 6) is -0.407. The number of fused-ring (bicyclic) bond motifs is 1. The van der Waals surface area contributed by atoms with Gasteiger partial charge < -0.3 is 14.4 Å². The van der Waals surface area contributed by atoms with Gasteiger partial charge in [-0.05, 0) is 37.0 Å². The molecule has 0 N–H and O–H groups in total. The highest BCUT2D eigenvalue weighted by Gasteiger charge is 2.47. The van der Waals surface area contributed by atoms with Crippen molar-refractivity contribution in [1.82, 2.24) is 19.7 Å². The quantitative estimate of drug-likeness (QED) is 0.719. The topological polar surface area (TPSA) is 69.5 Å². The fraction of sp³-hybridized carbons (Fsp3) is 0.571. The van der Waals surface area contributed by atoms with Crippen LogP contribution in [0.5, 0.6) is 0 Å². The number of aryl methyl sites for hydroxylation is 1. The van der Waals surface area contributed by atoms with Crippen LogP contribution < -0.4 is 0 Å². The van der Waals surface area contributed by atoms with Gasteiger partial charge in [0.05, 0.1) is 24.9 Å². The summed E-state index contributed by atoms with van der Waals surface area (Å²) in [7, 11) is 1.54. The number of carbonyl (C=O) groups excluding carboxylic acids is 1. The highest BCUT2D eigenvalue weighted by atomic mass is 19.3. The van der Waals surface area contributed by atoms with E-state index >= 15 is 0 Å². The predicted octanol–water partition coefficient (Wildman–Crippen LogP) is 2.98. The van der Waals surface area contributed by atoms with Crippen molar-refractivity contribution in [2.75, 3.05) is 26.3 Å². The second-order valence-corrected chi connectivity index (χ2v) is 8.09. The van der Waals surface area contributed by atoms with E-state index < -0.39 is 18.0 Å². The molecule has 4 rings (SSSR count). The summed E-state index contributed by atoms with van der Waals surface area (Å²) in [5, 5.41) is 3.77. The number of rotatable bonds is 6. The third kappa shape index (κ3) is 4.22. The van der Waals surface area contributed by atoms with E-state index in [0.29, 0.717) is 39.3 Å². The van der Waals surface area contributed by atoms with Crippen molar-refractivity contribution in [2.24, 2.45) is 12.5 Å². The molecule has 2 aliphatic heterocycles. The Bertz CT molecular complexity index is 876. The number of amides is 1. The maximum absolute atomic E-state index is 13.3. The summed E-state index contributed by atoms with van der Waals surface area (Å²) in [4.78, 5) is 18.8. The summed E-state index contributed by atoms with van der Waals surface area (Å²) in [6.07, 6.45) is 4.43. The van der Waals surface area contributed by atoms with E-state index in [1.807, 2.05) is 12.1 Å². The van der Waals surface area contributed by atoms with E-state index in [9.17, 15) is 13.6 Å². The minimum atomic E-state index is -2.79. The number of nitrogens with zero attached hydrogens (tertiary/aromatic N) is 4. The minimum Gasteiger partial charge on any atom is -0.377 e. The second kappa shape index (κ2) is 8.77. The molecule has 0 bridgehead atoms. The maximum Gasteiger partial charge on any atom is 0.282 e. The number of hydrogen-bond donors (Lipinski definition) is 0. The van der Waals surface area contributed by atoms with E-state index in [-0.39, 0.29) is 17.1 Å². The Hall–Kier alpha value is -2.39. The van der Waals surface area contributed by atoms with E-state index in [4.69, 9.17) is 9.47 Å². The monoisotopic (exact) mass is 420 g/mol. The third-order valence-electron chi connectivity index (χ3n) is 5.98. The first-order valence-electron chi connectivity index (χ1n) is 10.2. The molecule has 0 spiro atoms. The van der Waals surface area contributed by atoms with Gasteiger partial charge in [-0.1, -0.05) is 0 Å². The molecule has 2 atom stereocenters. The van der Waals surface area contributed by atoms with Gasteiger partial charge in [-0.3, -0.25) is 14.5 Å². The fourth-order valence-electron chi connectivity index (χ4n) is 4.53. The van der Waals surface area contributed by atoms with Crippen LogP contribution in [-0.4, -0.2) is 58.0 Å². The largest absolute Gasteiger partial charge is 0.377 e. The molecule has 0 aliphatic carbocycles. The van der Waals surface area contributed by atoms with Gasteiger partial charge in [-0.25, -0.2) is 8.78 Å². The van der Waals surface area contributed by atoms with Crippen molar-refractivity contribution in [3.05, 3.63) is 47.5 Å². The molecule has 1 amide bonds. The smallest absolute Gasteiger partial charge is 0.282 e. The zero-order valence-electron chi connectivity index (χ0n) is 17.0. The zero-order chi connectivity index (χ0) is 21.1. The molecule has 4 heterocycles. The van der Waals surface area contributed by atoms with Crippen LogP contribution in [0.2, 0.25) is 0 Å². The minimum absolute atomic E-state index is 0.00351. The van der Waals surface area contributed by atoms with Crippen molar-refractivity contribution in [1.29, 1.82) is 0 Å². The molecule has 9 heteroatoms. The summed E-state index contributed by atoms with van der Waals surface area (Å²) < 4.78 is 40.0. The normalized spacial score (nSPS) is 24.1. The zero-order valence-corrected chi connectivity index (χ0v) is 17.0. The summed E-state index contributed by atoms with van der Waals surface area (Å²) in [6, 6.07) is 3.80. The molecule has 0 aromatic carbocycles. The number of halogens is 2. The van der Waals surface area contributed by atoms with Crippen LogP contribution in [0.4, 0.5) is 8.78 Å². The number of aromatic nitrogens is 3. The molecule has 0 saturated carbocycles. The second-order valence-electron chi connectivity index (χ2n) is 8.09. The lowest BCUT2D eigenvalue weighted by Crippen LogP contribution is -2.58. The van der Waals surface area contributed by atoms with Gasteiger partial charge in [0.2, 0.25) is 0 Å². The van der Waals surface area contributed by atoms with Crippen molar-refractivity contribution < 1.29 is 23.0 Å². The molecule has 2 aliphatic rings. The van der Waals surface area contributed by atoms with Gasteiger partial charge in [0.1, 0.15) is 5.69 Å². The average Bonchev–Trinajstić information content (AvgIpc) is 3.15. The molecule has 162 valence electrons. The Morgan fingerprint density at radius 2 is 2.20 bits per heavy atom. The molecule has 30 heavy (non-hydrogen) atoms. The highest BCUT2D eigenvalue weighted by molar-refractivity contribution is 5.95. The van der Waals surface area contributed by atoms with Gasteiger partial charge in [0, 0.05) is 50.7 Å². The first kappa shape index (κ1) is 20.9. The van der Waals surface area contributed by atoms with Crippen molar-refractivity contribution >= 4 is 5.91 Å². The summed E-state index contributed by atoms with van der Waals surface area (Å²) in [6.45, 7) is 2.47. The molecular weight excluding hydrogens is 394 g/mol. The molecule has 0 radical (unpaired) electrons. The molecular formula is C21H26F2N4O3.